The summed E-state index contributed by atoms with van der Waals surface area (Å²) in [6.07, 6.45) is 6.04. The Hall–Kier alpha value is -0.790. The Morgan fingerprint density at radius 1 is 1.25 bits per heavy atom. The van der Waals surface area contributed by atoms with E-state index in [2.05, 4.69) is 32.7 Å². The molecule has 0 radical (unpaired) electrons. The second kappa shape index (κ2) is 7.48. The number of aryl methyl sites for hydroxylation is 1. The van der Waals surface area contributed by atoms with E-state index in [9.17, 15) is 0 Å². The maximum Gasteiger partial charge on any atom is 0.194 e. The fourth-order valence-corrected chi connectivity index (χ4v) is 1.34. The third-order valence-corrected chi connectivity index (χ3v) is 2.69. The van der Waals surface area contributed by atoms with Crippen molar-refractivity contribution in [2.75, 3.05) is 0 Å². The zero-order valence-corrected chi connectivity index (χ0v) is 11.8. The lowest BCUT2D eigenvalue weighted by atomic mass is 9.86. The topological polar surface area (TPSA) is 26.0 Å². The largest absolute Gasteiger partial charge is 0.449 e. The van der Waals surface area contributed by atoms with E-state index in [1.54, 1.807) is 6.26 Å². The van der Waals surface area contributed by atoms with Gasteiger partial charge in [-0.25, -0.2) is 4.98 Å². The van der Waals surface area contributed by atoms with E-state index in [0.29, 0.717) is 5.41 Å². The van der Waals surface area contributed by atoms with Crippen molar-refractivity contribution >= 4 is 0 Å². The first-order chi connectivity index (χ1) is 7.57. The van der Waals surface area contributed by atoms with Crippen LogP contribution in [0.5, 0.6) is 0 Å². The van der Waals surface area contributed by atoms with Crippen LogP contribution in [0.15, 0.2) is 10.7 Å². The van der Waals surface area contributed by atoms with E-state index in [0.717, 1.165) is 37.3 Å². The van der Waals surface area contributed by atoms with Gasteiger partial charge in [-0.05, 0) is 11.8 Å². The highest BCUT2D eigenvalue weighted by atomic mass is 16.3. The summed E-state index contributed by atoms with van der Waals surface area (Å²) in [5.41, 5.74) is 1.39. The summed E-state index contributed by atoms with van der Waals surface area (Å²) in [5.74, 6) is 0.889. The molecule has 1 aromatic heterocycles. The third kappa shape index (κ3) is 5.34. The maximum atomic E-state index is 5.44. The van der Waals surface area contributed by atoms with Crippen LogP contribution in [0.25, 0.3) is 0 Å². The lowest BCUT2D eigenvalue weighted by Crippen LogP contribution is -2.13. The van der Waals surface area contributed by atoms with Crippen molar-refractivity contribution in [1.82, 2.24) is 4.98 Å². The van der Waals surface area contributed by atoms with Crippen LogP contribution in [0.4, 0.5) is 0 Å². The highest BCUT2D eigenvalue weighted by Crippen LogP contribution is 2.25. The molecule has 0 N–H and O–H groups in total. The summed E-state index contributed by atoms with van der Waals surface area (Å²) in [6, 6.07) is 0. The van der Waals surface area contributed by atoms with Gasteiger partial charge in [-0.3, -0.25) is 0 Å². The van der Waals surface area contributed by atoms with Crippen molar-refractivity contribution < 1.29 is 4.42 Å². The number of rotatable bonds is 5. The van der Waals surface area contributed by atoms with Crippen LogP contribution in [0.3, 0.4) is 0 Å². The lowest BCUT2D eigenvalue weighted by molar-refractivity contribution is 0.310. The molecule has 1 rings (SSSR count). The molecule has 16 heavy (non-hydrogen) atoms. The minimum absolute atomic E-state index is 0.300. The Kier molecular flexibility index (Phi) is 7.11. The van der Waals surface area contributed by atoms with Gasteiger partial charge in [0.05, 0.1) is 5.69 Å². The molecule has 0 aliphatic rings. The van der Waals surface area contributed by atoms with Gasteiger partial charge < -0.3 is 4.42 Å². The van der Waals surface area contributed by atoms with Crippen LogP contribution in [-0.2, 0) is 12.8 Å². The average Bonchev–Trinajstić information content (AvgIpc) is 2.68. The van der Waals surface area contributed by atoms with Crippen LogP contribution < -0.4 is 0 Å². The van der Waals surface area contributed by atoms with Gasteiger partial charge in [-0.1, -0.05) is 54.4 Å². The average molecular weight is 225 g/mol. The van der Waals surface area contributed by atoms with Crippen molar-refractivity contribution in [2.24, 2.45) is 5.41 Å². The number of oxazole rings is 1. The predicted molar refractivity (Wildman–Crippen MR) is 69.6 cm³/mol. The minimum atomic E-state index is 0.300. The Balaban J connectivity index is 0.00000106. The van der Waals surface area contributed by atoms with Gasteiger partial charge in [0.1, 0.15) is 6.26 Å². The van der Waals surface area contributed by atoms with Crippen LogP contribution in [-0.4, -0.2) is 4.98 Å². The third-order valence-electron chi connectivity index (χ3n) is 2.69. The number of nitrogens with zero attached hydrogens (tertiary/aromatic N) is 1. The number of aromatic nitrogens is 1. The SMILES string of the molecule is CC.CCCc1coc(CC(C)(C)CC)n1. The van der Waals surface area contributed by atoms with Crippen molar-refractivity contribution in [3.8, 4) is 0 Å². The second-order valence-corrected chi connectivity index (χ2v) is 4.68. The number of hydrogen-bond donors (Lipinski definition) is 0. The quantitative estimate of drug-likeness (QED) is 0.730. The molecule has 0 saturated heterocycles. The molecule has 0 atom stereocenters. The molecule has 0 spiro atoms. The summed E-state index contributed by atoms with van der Waals surface area (Å²) in [7, 11) is 0. The van der Waals surface area contributed by atoms with Crippen LogP contribution >= 0.6 is 0 Å². The van der Waals surface area contributed by atoms with Gasteiger partial charge in [0, 0.05) is 6.42 Å². The second-order valence-electron chi connectivity index (χ2n) is 4.68. The van der Waals surface area contributed by atoms with Crippen LogP contribution in [0, 0.1) is 5.41 Å². The molecule has 1 aromatic rings. The Bertz CT molecular complexity index is 276. The molecular formula is C14H27NO. The monoisotopic (exact) mass is 225 g/mol. The maximum absolute atomic E-state index is 5.44. The molecule has 0 unspecified atom stereocenters. The molecule has 2 nitrogen and oxygen atoms in total. The van der Waals surface area contributed by atoms with Crippen molar-refractivity contribution in [3.05, 3.63) is 17.8 Å². The van der Waals surface area contributed by atoms with Crippen molar-refractivity contribution in [3.63, 3.8) is 0 Å². The normalized spacial score (nSPS) is 10.9. The van der Waals surface area contributed by atoms with Gasteiger partial charge in [0.2, 0.25) is 0 Å². The summed E-state index contributed by atoms with van der Waals surface area (Å²) in [5, 5.41) is 0. The summed E-state index contributed by atoms with van der Waals surface area (Å²) < 4.78 is 5.44. The molecule has 2 heteroatoms. The molecule has 94 valence electrons. The predicted octanol–water partition coefficient (Wildman–Crippen LogP) is 4.63. The standard InChI is InChI=1S/C12H21NO.C2H6/c1-5-7-10-9-14-11(13-10)8-12(3,4)6-2;1-2/h9H,5-8H2,1-4H3;1-2H3. The molecule has 0 aliphatic heterocycles. The van der Waals surface area contributed by atoms with Crippen LogP contribution in [0.2, 0.25) is 0 Å². The molecule has 0 aliphatic carbocycles. The first-order valence-corrected chi connectivity index (χ1v) is 6.50. The van der Waals surface area contributed by atoms with Crippen molar-refractivity contribution in [2.45, 2.75) is 67.2 Å². The fraction of sp³-hybridized carbons (Fsp3) is 0.786. The first kappa shape index (κ1) is 15.2. The van der Waals surface area contributed by atoms with Gasteiger partial charge in [0.15, 0.2) is 5.89 Å². The summed E-state index contributed by atoms with van der Waals surface area (Å²) >= 11 is 0. The van der Waals surface area contributed by atoms with Gasteiger partial charge in [-0.15, -0.1) is 0 Å². The molecule has 0 fully saturated rings. The van der Waals surface area contributed by atoms with Crippen LogP contribution in [0.1, 0.15) is 66.0 Å². The first-order valence-electron chi connectivity index (χ1n) is 6.50. The van der Waals surface area contributed by atoms with E-state index in [1.807, 2.05) is 13.8 Å². The smallest absolute Gasteiger partial charge is 0.194 e. The van der Waals surface area contributed by atoms with E-state index in [1.165, 1.54) is 0 Å². The van der Waals surface area contributed by atoms with E-state index in [4.69, 9.17) is 4.42 Å². The number of hydrogen-bond acceptors (Lipinski definition) is 2. The molecule has 0 bridgehead atoms. The molecule has 0 amide bonds. The Labute approximate surface area is 100 Å². The Morgan fingerprint density at radius 2 is 1.88 bits per heavy atom. The Morgan fingerprint density at radius 3 is 2.38 bits per heavy atom. The van der Waals surface area contributed by atoms with E-state index < -0.39 is 0 Å². The molecule has 0 aromatic carbocycles. The highest BCUT2D eigenvalue weighted by Gasteiger charge is 2.18. The zero-order valence-electron chi connectivity index (χ0n) is 11.8. The fourth-order valence-electron chi connectivity index (χ4n) is 1.34. The molecule has 1 heterocycles. The summed E-state index contributed by atoms with van der Waals surface area (Å²) in [6.45, 7) is 12.9. The van der Waals surface area contributed by atoms with Gasteiger partial charge in [0.25, 0.3) is 0 Å². The molecule has 0 saturated carbocycles. The van der Waals surface area contributed by atoms with E-state index >= 15 is 0 Å². The van der Waals surface area contributed by atoms with E-state index in [-0.39, 0.29) is 0 Å². The zero-order chi connectivity index (χ0) is 12.6. The lowest BCUT2D eigenvalue weighted by Gasteiger charge is -2.19. The summed E-state index contributed by atoms with van der Waals surface area (Å²) in [4.78, 5) is 4.47. The highest BCUT2D eigenvalue weighted by molar-refractivity contribution is 4.98. The van der Waals surface area contributed by atoms with Gasteiger partial charge >= 0.3 is 0 Å². The van der Waals surface area contributed by atoms with Gasteiger partial charge in [-0.2, -0.15) is 0 Å². The molecular weight excluding hydrogens is 198 g/mol. The van der Waals surface area contributed by atoms with Crippen molar-refractivity contribution in [1.29, 1.82) is 0 Å². The minimum Gasteiger partial charge on any atom is -0.449 e.